The quantitative estimate of drug-likeness (QED) is 0.662. The van der Waals surface area contributed by atoms with E-state index in [0.29, 0.717) is 30.2 Å². The van der Waals surface area contributed by atoms with Crippen molar-refractivity contribution in [3.8, 4) is 0 Å². The minimum atomic E-state index is -2.98. The average molecular weight is 407 g/mol. The molecule has 156 valence electrons. The van der Waals surface area contributed by atoms with Gasteiger partial charge in [-0.25, -0.2) is 23.1 Å². The molecule has 1 aliphatic carbocycles. The number of pyridine rings is 2. The van der Waals surface area contributed by atoms with Crippen LogP contribution in [0.15, 0.2) is 30.6 Å². The molecule has 1 amide bonds. The average Bonchev–Trinajstić information content (AvgIpc) is 2.99. The van der Waals surface area contributed by atoms with E-state index in [0.717, 1.165) is 19.5 Å². The largest absolute Gasteiger partial charge is 0.378 e. The zero-order valence-electron chi connectivity index (χ0n) is 16.5. The first-order valence-corrected chi connectivity index (χ1v) is 9.39. The maximum absolute atomic E-state index is 14.7. The van der Waals surface area contributed by atoms with E-state index >= 15 is 0 Å². The Hall–Kier alpha value is -2.84. The van der Waals surface area contributed by atoms with Gasteiger partial charge in [0.05, 0.1) is 17.3 Å². The zero-order chi connectivity index (χ0) is 21.2. The summed E-state index contributed by atoms with van der Waals surface area (Å²) in [5.41, 5.74) is -0.847. The second kappa shape index (κ2) is 7.88. The van der Waals surface area contributed by atoms with Crippen molar-refractivity contribution in [3.05, 3.63) is 41.7 Å². The Morgan fingerprint density at radius 2 is 1.97 bits per heavy atom. The number of halogens is 3. The molecule has 1 aliphatic rings. The number of nitrogens with one attached hydrogen (secondary N) is 3. The van der Waals surface area contributed by atoms with Crippen LogP contribution in [-0.2, 0) is 5.92 Å². The Morgan fingerprint density at radius 1 is 1.24 bits per heavy atom. The molecule has 2 aromatic heterocycles. The fourth-order valence-corrected chi connectivity index (χ4v) is 3.35. The van der Waals surface area contributed by atoms with Crippen LogP contribution in [-0.4, -0.2) is 34.6 Å². The Morgan fingerprint density at radius 3 is 2.52 bits per heavy atom. The van der Waals surface area contributed by atoms with Gasteiger partial charge in [-0.3, -0.25) is 4.79 Å². The number of alkyl halides is 3. The number of aromatic nitrogens is 2. The van der Waals surface area contributed by atoms with Crippen LogP contribution in [0.5, 0.6) is 0 Å². The first-order valence-electron chi connectivity index (χ1n) is 9.39. The maximum atomic E-state index is 14.7. The molecule has 0 aromatic carbocycles. The first-order chi connectivity index (χ1) is 13.6. The fraction of sp³-hybridized carbons (Fsp3) is 0.450. The second-order valence-electron chi connectivity index (χ2n) is 7.51. The highest BCUT2D eigenvalue weighted by Crippen LogP contribution is 2.36. The molecule has 0 saturated heterocycles. The van der Waals surface area contributed by atoms with E-state index in [1.54, 1.807) is 13.0 Å². The number of carbonyl (C=O) groups is 1. The first kappa shape index (κ1) is 20.9. The minimum absolute atomic E-state index is 0.197. The number of nitrogens with zero attached hydrogens (tertiary/aromatic N) is 2. The Labute approximate surface area is 167 Å². The summed E-state index contributed by atoms with van der Waals surface area (Å²) in [4.78, 5) is 20.4. The van der Waals surface area contributed by atoms with Gasteiger partial charge in [0.25, 0.3) is 11.8 Å². The van der Waals surface area contributed by atoms with Crippen molar-refractivity contribution < 1.29 is 18.0 Å². The molecular formula is C20H24F3N5O. The van der Waals surface area contributed by atoms with Gasteiger partial charge in [-0.2, -0.15) is 0 Å². The van der Waals surface area contributed by atoms with Crippen LogP contribution in [0.1, 0.15) is 49.0 Å². The van der Waals surface area contributed by atoms with E-state index in [4.69, 9.17) is 0 Å². The fourth-order valence-electron chi connectivity index (χ4n) is 3.35. The summed E-state index contributed by atoms with van der Waals surface area (Å²) in [6.07, 6.45) is 4.33. The Balaban J connectivity index is 1.85. The molecule has 29 heavy (non-hydrogen) atoms. The summed E-state index contributed by atoms with van der Waals surface area (Å²) in [6.45, 7) is 2.35. The van der Waals surface area contributed by atoms with E-state index in [9.17, 15) is 18.0 Å². The molecule has 0 unspecified atom stereocenters. The zero-order valence-corrected chi connectivity index (χ0v) is 16.5. The number of hydrogen-bond acceptors (Lipinski definition) is 5. The highest BCUT2D eigenvalue weighted by molar-refractivity contribution is 5.99. The number of carbonyl (C=O) groups excluding carboxylic acids is 1. The monoisotopic (exact) mass is 407 g/mol. The number of anilines is 3. The standard InChI is InChI=1S/C20H24F3N5O/c1-19(21)8-4-5-15(19)27-14-9-17(26-11-13(14)18(29)24-3)28-16-7-6-12(10-25-16)20(2,22)23/h6-7,9-11,15H,4-5,8H2,1-3H3,(H,24,29)(H2,25,26,27,28)/t15-,19+/m0/s1. The molecule has 6 nitrogen and oxygen atoms in total. The van der Waals surface area contributed by atoms with Gasteiger partial charge in [0.15, 0.2) is 0 Å². The smallest absolute Gasteiger partial charge is 0.272 e. The van der Waals surface area contributed by atoms with Gasteiger partial charge in [-0.05, 0) is 38.3 Å². The summed E-state index contributed by atoms with van der Waals surface area (Å²) < 4.78 is 41.3. The topological polar surface area (TPSA) is 78.9 Å². The summed E-state index contributed by atoms with van der Waals surface area (Å²) in [7, 11) is 1.50. The van der Waals surface area contributed by atoms with Crippen molar-refractivity contribution in [2.45, 2.75) is 50.7 Å². The predicted octanol–water partition coefficient (Wildman–Crippen LogP) is 4.38. The molecule has 1 fully saturated rings. The van der Waals surface area contributed by atoms with Crippen molar-refractivity contribution >= 4 is 23.2 Å². The molecule has 0 radical (unpaired) electrons. The number of rotatable bonds is 6. The Bertz CT molecular complexity index is 881. The van der Waals surface area contributed by atoms with Crippen LogP contribution in [0.3, 0.4) is 0 Å². The normalized spacial score (nSPS) is 21.7. The van der Waals surface area contributed by atoms with Gasteiger partial charge < -0.3 is 16.0 Å². The lowest BCUT2D eigenvalue weighted by molar-refractivity contribution is 0.0171. The van der Waals surface area contributed by atoms with Crippen LogP contribution in [0.4, 0.5) is 30.5 Å². The molecule has 3 N–H and O–H groups in total. The highest BCUT2D eigenvalue weighted by atomic mass is 19.3. The third kappa shape index (κ3) is 4.78. The molecule has 2 atom stereocenters. The van der Waals surface area contributed by atoms with Crippen LogP contribution in [0, 0.1) is 0 Å². The van der Waals surface area contributed by atoms with Gasteiger partial charge in [0.1, 0.15) is 17.3 Å². The van der Waals surface area contributed by atoms with Gasteiger partial charge in [-0.1, -0.05) is 0 Å². The van der Waals surface area contributed by atoms with Gasteiger partial charge in [0, 0.05) is 38.0 Å². The van der Waals surface area contributed by atoms with E-state index in [1.165, 1.54) is 25.4 Å². The summed E-state index contributed by atoms with van der Waals surface area (Å²) in [5.74, 6) is -2.66. The summed E-state index contributed by atoms with van der Waals surface area (Å²) in [5, 5.41) is 8.60. The van der Waals surface area contributed by atoms with E-state index in [-0.39, 0.29) is 17.0 Å². The van der Waals surface area contributed by atoms with Gasteiger partial charge >= 0.3 is 0 Å². The van der Waals surface area contributed by atoms with Crippen molar-refractivity contribution in [3.63, 3.8) is 0 Å². The molecule has 0 aliphatic heterocycles. The molecule has 3 rings (SSSR count). The number of hydrogen-bond donors (Lipinski definition) is 3. The molecule has 0 bridgehead atoms. The molecule has 0 spiro atoms. The lowest BCUT2D eigenvalue weighted by Gasteiger charge is -2.26. The van der Waals surface area contributed by atoms with Gasteiger partial charge in [-0.15, -0.1) is 0 Å². The SMILES string of the molecule is CNC(=O)c1cnc(Nc2ccc(C(C)(F)F)cn2)cc1N[C@H]1CCC[C@@]1(C)F. The molecule has 9 heteroatoms. The highest BCUT2D eigenvalue weighted by Gasteiger charge is 2.39. The van der Waals surface area contributed by atoms with E-state index in [1.807, 2.05) is 0 Å². The summed E-state index contributed by atoms with van der Waals surface area (Å²) >= 11 is 0. The molecule has 2 heterocycles. The van der Waals surface area contributed by atoms with Crippen LogP contribution in [0.2, 0.25) is 0 Å². The van der Waals surface area contributed by atoms with Gasteiger partial charge in [0.2, 0.25) is 0 Å². The Kier molecular flexibility index (Phi) is 5.68. The number of amides is 1. The van der Waals surface area contributed by atoms with Crippen molar-refractivity contribution in [1.29, 1.82) is 0 Å². The molecule has 2 aromatic rings. The van der Waals surface area contributed by atoms with Crippen molar-refractivity contribution in [1.82, 2.24) is 15.3 Å². The van der Waals surface area contributed by atoms with Crippen LogP contribution in [0.25, 0.3) is 0 Å². The lowest BCUT2D eigenvalue weighted by atomic mass is 10.0. The van der Waals surface area contributed by atoms with Crippen molar-refractivity contribution in [2.75, 3.05) is 17.7 Å². The maximum Gasteiger partial charge on any atom is 0.272 e. The summed E-state index contributed by atoms with van der Waals surface area (Å²) in [6, 6.07) is 3.86. The third-order valence-corrected chi connectivity index (χ3v) is 5.12. The molecular weight excluding hydrogens is 383 g/mol. The minimum Gasteiger partial charge on any atom is -0.378 e. The van der Waals surface area contributed by atoms with Crippen LogP contribution < -0.4 is 16.0 Å². The predicted molar refractivity (Wildman–Crippen MR) is 105 cm³/mol. The van der Waals surface area contributed by atoms with E-state index < -0.39 is 17.6 Å². The third-order valence-electron chi connectivity index (χ3n) is 5.12. The van der Waals surface area contributed by atoms with Crippen molar-refractivity contribution in [2.24, 2.45) is 0 Å². The van der Waals surface area contributed by atoms with Crippen LogP contribution >= 0.6 is 0 Å². The lowest BCUT2D eigenvalue weighted by Crippen LogP contribution is -2.36. The second-order valence-corrected chi connectivity index (χ2v) is 7.51. The van der Waals surface area contributed by atoms with E-state index in [2.05, 4.69) is 25.9 Å². The molecule has 1 saturated carbocycles.